The monoisotopic (exact) mass is 251 g/mol. The van der Waals surface area contributed by atoms with Crippen LogP contribution in [0.2, 0.25) is 0 Å². The molecule has 0 fully saturated rings. The zero-order valence-electron chi connectivity index (χ0n) is 10.8. The fraction of sp³-hybridized carbons (Fsp3) is 0.125. The molecule has 1 aromatic heterocycles. The molecule has 2 rings (SSSR count). The smallest absolute Gasteiger partial charge is 0.207 e. The van der Waals surface area contributed by atoms with Crippen LogP contribution in [0.1, 0.15) is 27.2 Å². The number of Topliss-reactive ketones (excluding diaryl/α,β-unsaturated/α-hetero) is 1. The van der Waals surface area contributed by atoms with Gasteiger partial charge in [-0.25, -0.2) is 0 Å². The van der Waals surface area contributed by atoms with Crippen molar-refractivity contribution in [2.24, 2.45) is 0 Å². The van der Waals surface area contributed by atoms with E-state index in [-0.39, 0.29) is 11.4 Å². The quantitative estimate of drug-likeness (QED) is 0.475. The highest BCUT2D eigenvalue weighted by Gasteiger charge is 2.16. The highest BCUT2D eigenvalue weighted by Crippen LogP contribution is 2.18. The highest BCUT2D eigenvalue weighted by atomic mass is 16.3. The molecular formula is C16H13NO2. The van der Waals surface area contributed by atoms with E-state index in [0.29, 0.717) is 11.3 Å². The summed E-state index contributed by atoms with van der Waals surface area (Å²) in [6.07, 6.45) is 3.06. The number of nitrogens with zero attached hydrogens (tertiary/aromatic N) is 1. The number of carbonyl (C=O) groups is 1. The van der Waals surface area contributed by atoms with Crippen molar-refractivity contribution in [3.05, 3.63) is 64.6 Å². The Hall–Kier alpha value is -2.60. The predicted octanol–water partition coefficient (Wildman–Crippen LogP) is 3.69. The number of hydrogen-bond donors (Lipinski definition) is 0. The van der Waals surface area contributed by atoms with Crippen molar-refractivity contribution < 1.29 is 9.21 Å². The minimum absolute atomic E-state index is 0.110. The normalized spacial score (nSPS) is 11.1. The number of nitriles is 1. The number of aryl methyl sites for hydroxylation is 2. The second-order valence-corrected chi connectivity index (χ2v) is 4.25. The Bertz CT molecular complexity index is 687. The maximum Gasteiger partial charge on any atom is 0.207 e. The van der Waals surface area contributed by atoms with Crippen molar-refractivity contribution in [2.45, 2.75) is 13.8 Å². The van der Waals surface area contributed by atoms with Crippen LogP contribution in [0.15, 0.2) is 46.6 Å². The van der Waals surface area contributed by atoms with Crippen LogP contribution in [0.3, 0.4) is 0 Å². The molecule has 94 valence electrons. The maximum absolute atomic E-state index is 12.2. The average Bonchev–Trinajstić information content (AvgIpc) is 2.83. The van der Waals surface area contributed by atoms with E-state index in [1.807, 2.05) is 37.3 Å². The first-order valence-electron chi connectivity index (χ1n) is 5.89. The first kappa shape index (κ1) is 12.8. The molecular weight excluding hydrogens is 238 g/mol. The summed E-state index contributed by atoms with van der Waals surface area (Å²) in [5.74, 6) is 0.216. The summed E-state index contributed by atoms with van der Waals surface area (Å²) in [6, 6.07) is 11.2. The molecule has 2 aromatic rings. The fourth-order valence-corrected chi connectivity index (χ4v) is 1.82. The Kier molecular flexibility index (Phi) is 3.63. The van der Waals surface area contributed by atoms with Gasteiger partial charge in [-0.2, -0.15) is 5.26 Å². The Labute approximate surface area is 111 Å². The van der Waals surface area contributed by atoms with Crippen molar-refractivity contribution in [1.82, 2.24) is 0 Å². The number of benzene rings is 1. The number of furan rings is 1. The minimum atomic E-state index is -0.308. The summed E-state index contributed by atoms with van der Waals surface area (Å²) in [4.78, 5) is 12.2. The molecule has 0 amide bonds. The van der Waals surface area contributed by atoms with E-state index in [4.69, 9.17) is 9.68 Å². The molecule has 3 nitrogen and oxygen atoms in total. The van der Waals surface area contributed by atoms with E-state index in [0.717, 1.165) is 11.1 Å². The van der Waals surface area contributed by atoms with Crippen molar-refractivity contribution in [3.8, 4) is 6.07 Å². The van der Waals surface area contributed by atoms with Gasteiger partial charge in [0.2, 0.25) is 5.78 Å². The number of hydrogen-bond acceptors (Lipinski definition) is 3. The molecule has 0 bridgehead atoms. The lowest BCUT2D eigenvalue weighted by molar-refractivity contribution is 0.103. The topological polar surface area (TPSA) is 54.0 Å². The third kappa shape index (κ3) is 2.63. The average molecular weight is 251 g/mol. The van der Waals surface area contributed by atoms with Crippen molar-refractivity contribution >= 4 is 11.9 Å². The Morgan fingerprint density at radius 1 is 1.26 bits per heavy atom. The van der Waals surface area contributed by atoms with Gasteiger partial charge >= 0.3 is 0 Å². The maximum atomic E-state index is 12.2. The van der Waals surface area contributed by atoms with Crippen LogP contribution in [0.25, 0.3) is 6.08 Å². The first-order chi connectivity index (χ1) is 9.13. The Morgan fingerprint density at radius 2 is 2.00 bits per heavy atom. The zero-order valence-corrected chi connectivity index (χ0v) is 10.8. The lowest BCUT2D eigenvalue weighted by Crippen LogP contribution is -2.02. The van der Waals surface area contributed by atoms with Crippen LogP contribution >= 0.6 is 0 Å². The second kappa shape index (κ2) is 5.36. The van der Waals surface area contributed by atoms with E-state index >= 15 is 0 Å². The largest absolute Gasteiger partial charge is 0.469 e. The summed E-state index contributed by atoms with van der Waals surface area (Å²) in [7, 11) is 0. The van der Waals surface area contributed by atoms with Crippen LogP contribution < -0.4 is 0 Å². The van der Waals surface area contributed by atoms with Gasteiger partial charge in [-0.15, -0.1) is 0 Å². The summed E-state index contributed by atoms with van der Waals surface area (Å²) >= 11 is 0. The van der Waals surface area contributed by atoms with Crippen LogP contribution in [-0.2, 0) is 0 Å². The third-order valence-electron chi connectivity index (χ3n) is 2.96. The van der Waals surface area contributed by atoms with Gasteiger partial charge in [-0.3, -0.25) is 4.79 Å². The van der Waals surface area contributed by atoms with E-state index < -0.39 is 0 Å². The third-order valence-corrected chi connectivity index (χ3v) is 2.96. The SMILES string of the molecule is Cc1ccccc1/C=C(\C#N)C(=O)c1ccoc1C. The van der Waals surface area contributed by atoms with E-state index in [2.05, 4.69) is 0 Å². The molecule has 1 heterocycles. The molecule has 1 aromatic carbocycles. The second-order valence-electron chi connectivity index (χ2n) is 4.25. The molecule has 0 unspecified atom stereocenters. The lowest BCUT2D eigenvalue weighted by atomic mass is 10.0. The molecule has 0 radical (unpaired) electrons. The summed E-state index contributed by atoms with van der Waals surface area (Å²) < 4.78 is 5.10. The Morgan fingerprint density at radius 3 is 2.58 bits per heavy atom. The molecule has 0 saturated carbocycles. The number of carbonyl (C=O) groups excluding carboxylic acids is 1. The lowest BCUT2D eigenvalue weighted by Gasteiger charge is -2.01. The van der Waals surface area contributed by atoms with Gasteiger partial charge in [0.25, 0.3) is 0 Å². The first-order valence-corrected chi connectivity index (χ1v) is 5.89. The van der Waals surface area contributed by atoms with Gasteiger partial charge < -0.3 is 4.42 Å². The molecule has 0 aliphatic heterocycles. The van der Waals surface area contributed by atoms with Crippen molar-refractivity contribution in [2.75, 3.05) is 0 Å². The van der Waals surface area contributed by atoms with Gasteiger partial charge in [0.15, 0.2) is 0 Å². The summed E-state index contributed by atoms with van der Waals surface area (Å²) in [5, 5.41) is 9.17. The van der Waals surface area contributed by atoms with E-state index in [9.17, 15) is 4.79 Å². The fourth-order valence-electron chi connectivity index (χ4n) is 1.82. The minimum Gasteiger partial charge on any atom is -0.469 e. The molecule has 0 spiro atoms. The molecule has 19 heavy (non-hydrogen) atoms. The van der Waals surface area contributed by atoms with Crippen molar-refractivity contribution in [3.63, 3.8) is 0 Å². The van der Waals surface area contributed by atoms with Gasteiger partial charge in [-0.1, -0.05) is 24.3 Å². The van der Waals surface area contributed by atoms with Crippen LogP contribution in [0.5, 0.6) is 0 Å². The molecule has 0 aliphatic carbocycles. The van der Waals surface area contributed by atoms with Crippen molar-refractivity contribution in [1.29, 1.82) is 5.26 Å². The van der Waals surface area contributed by atoms with Crippen LogP contribution in [0, 0.1) is 25.2 Å². The predicted molar refractivity (Wildman–Crippen MR) is 72.5 cm³/mol. The number of ketones is 1. The van der Waals surface area contributed by atoms with Gasteiger partial charge in [0, 0.05) is 0 Å². The Balaban J connectivity index is 2.42. The standard InChI is InChI=1S/C16H13NO2/c1-11-5-3-4-6-13(11)9-14(10-17)16(18)15-7-8-19-12(15)2/h3-9H,1-2H3/b14-9+. The highest BCUT2D eigenvalue weighted by molar-refractivity contribution is 6.14. The molecule has 3 heteroatoms. The molecule has 0 aliphatic rings. The molecule has 0 N–H and O–H groups in total. The zero-order chi connectivity index (χ0) is 13.8. The van der Waals surface area contributed by atoms with E-state index in [1.54, 1.807) is 19.1 Å². The van der Waals surface area contributed by atoms with Gasteiger partial charge in [-0.05, 0) is 37.1 Å². The molecule has 0 atom stereocenters. The van der Waals surface area contributed by atoms with Crippen LogP contribution in [0.4, 0.5) is 0 Å². The van der Waals surface area contributed by atoms with Crippen LogP contribution in [-0.4, -0.2) is 5.78 Å². The summed E-state index contributed by atoms with van der Waals surface area (Å²) in [5.41, 5.74) is 2.43. The van der Waals surface area contributed by atoms with E-state index in [1.165, 1.54) is 6.26 Å². The summed E-state index contributed by atoms with van der Waals surface area (Å²) in [6.45, 7) is 3.64. The van der Waals surface area contributed by atoms with Gasteiger partial charge in [0.05, 0.1) is 11.8 Å². The van der Waals surface area contributed by atoms with Gasteiger partial charge in [0.1, 0.15) is 17.4 Å². The molecule has 0 saturated heterocycles. The number of rotatable bonds is 3. The number of allylic oxidation sites excluding steroid dienone is 1.